The molecule has 0 atom stereocenters. The molecule has 0 bridgehead atoms. The molecule has 1 aliphatic rings. The highest BCUT2D eigenvalue weighted by Crippen LogP contribution is 2.32. The predicted molar refractivity (Wildman–Crippen MR) is 110 cm³/mol. The lowest BCUT2D eigenvalue weighted by Crippen LogP contribution is -2.29. The van der Waals surface area contributed by atoms with Crippen molar-refractivity contribution in [2.24, 2.45) is 0 Å². The summed E-state index contributed by atoms with van der Waals surface area (Å²) in [5.74, 6) is -0.791. The minimum atomic E-state index is -4.65. The van der Waals surface area contributed by atoms with Crippen molar-refractivity contribution in [3.8, 4) is 0 Å². The molecule has 1 N–H and O–H groups in total. The van der Waals surface area contributed by atoms with Crippen LogP contribution in [0.4, 0.5) is 24.7 Å². The van der Waals surface area contributed by atoms with Crippen molar-refractivity contribution < 1.29 is 26.4 Å². The van der Waals surface area contributed by atoms with E-state index in [1.807, 2.05) is 4.90 Å². The van der Waals surface area contributed by atoms with Crippen molar-refractivity contribution in [2.45, 2.75) is 43.8 Å². The molecular weight excluding hydrogens is 433 g/mol. The number of rotatable bonds is 5. The van der Waals surface area contributed by atoms with Gasteiger partial charge in [0.05, 0.1) is 16.9 Å². The molecule has 0 radical (unpaired) electrons. The number of aromatic nitrogens is 2. The number of alkyl halides is 3. The highest BCUT2D eigenvalue weighted by atomic mass is 32.2. The van der Waals surface area contributed by atoms with E-state index in [1.165, 1.54) is 25.3 Å². The summed E-state index contributed by atoms with van der Waals surface area (Å²) in [6.07, 6.45) is 1.01. The zero-order valence-corrected chi connectivity index (χ0v) is 17.8. The fraction of sp³-hybridized carbons (Fsp3) is 0.450. The number of pyridine rings is 2. The van der Waals surface area contributed by atoms with Crippen LogP contribution in [0.15, 0.2) is 35.6 Å². The minimum Gasteiger partial charge on any atom is -0.356 e. The smallest absolute Gasteiger partial charge is 0.356 e. The highest BCUT2D eigenvalue weighted by Gasteiger charge is 2.33. The molecule has 1 fully saturated rings. The third kappa shape index (κ3) is 5.52. The number of carbonyl (C=O) groups excluding carboxylic acids is 1. The first-order valence-corrected chi connectivity index (χ1v) is 11.6. The molecule has 7 nitrogen and oxygen atoms in total. The van der Waals surface area contributed by atoms with E-state index in [1.54, 1.807) is 0 Å². The Bertz CT molecular complexity index is 1050. The third-order valence-corrected chi connectivity index (χ3v) is 6.66. The average molecular weight is 456 g/mol. The fourth-order valence-corrected chi connectivity index (χ4v) is 4.14. The van der Waals surface area contributed by atoms with Gasteiger partial charge in [0.15, 0.2) is 14.9 Å². The van der Waals surface area contributed by atoms with Gasteiger partial charge in [-0.3, -0.25) is 4.79 Å². The first-order chi connectivity index (χ1) is 14.6. The van der Waals surface area contributed by atoms with Crippen LogP contribution in [-0.4, -0.2) is 43.1 Å². The van der Waals surface area contributed by atoms with Crippen molar-refractivity contribution in [1.29, 1.82) is 0 Å². The summed E-state index contributed by atoms with van der Waals surface area (Å²) < 4.78 is 63.9. The van der Waals surface area contributed by atoms with Crippen LogP contribution >= 0.6 is 0 Å². The average Bonchev–Trinajstić information content (AvgIpc) is 3.02. The van der Waals surface area contributed by atoms with Gasteiger partial charge >= 0.3 is 6.18 Å². The molecule has 2 aromatic rings. The number of nitrogens with zero attached hydrogens (tertiary/aromatic N) is 3. The van der Waals surface area contributed by atoms with Crippen LogP contribution in [-0.2, 0) is 16.0 Å². The Morgan fingerprint density at radius 1 is 1.13 bits per heavy atom. The van der Waals surface area contributed by atoms with Gasteiger partial charge in [-0.25, -0.2) is 18.4 Å². The monoisotopic (exact) mass is 456 g/mol. The Morgan fingerprint density at radius 2 is 1.81 bits per heavy atom. The van der Waals surface area contributed by atoms with Gasteiger partial charge in [-0.05, 0) is 31.0 Å². The number of anilines is 2. The van der Waals surface area contributed by atoms with E-state index in [9.17, 15) is 26.4 Å². The molecule has 0 spiro atoms. The number of hydrogen-bond acceptors (Lipinski definition) is 6. The van der Waals surface area contributed by atoms with Crippen LogP contribution in [0, 0.1) is 0 Å². The van der Waals surface area contributed by atoms with Crippen molar-refractivity contribution in [2.75, 3.05) is 29.1 Å². The van der Waals surface area contributed by atoms with Gasteiger partial charge in [0.1, 0.15) is 5.82 Å². The Balaban J connectivity index is 1.97. The first kappa shape index (κ1) is 23.0. The summed E-state index contributed by atoms with van der Waals surface area (Å²) in [5.41, 5.74) is -1.13. The normalized spacial score (nSPS) is 15.4. The lowest BCUT2D eigenvalue weighted by Gasteiger charge is -2.24. The third-order valence-electron chi connectivity index (χ3n) is 5.04. The van der Waals surface area contributed by atoms with Crippen LogP contribution in [0.25, 0.3) is 0 Å². The second-order valence-electron chi connectivity index (χ2n) is 7.23. The molecule has 2 aromatic heterocycles. The zero-order chi connectivity index (χ0) is 22.6. The van der Waals surface area contributed by atoms with E-state index in [-0.39, 0.29) is 27.8 Å². The lowest BCUT2D eigenvalue weighted by molar-refractivity contribution is -0.137. The van der Waals surface area contributed by atoms with Crippen molar-refractivity contribution >= 4 is 27.2 Å². The molecule has 1 saturated heterocycles. The maximum Gasteiger partial charge on any atom is 0.417 e. The van der Waals surface area contributed by atoms with Gasteiger partial charge in [0.25, 0.3) is 5.91 Å². The molecule has 0 aliphatic carbocycles. The van der Waals surface area contributed by atoms with Crippen molar-refractivity contribution in [3.63, 3.8) is 0 Å². The number of carbonyl (C=O) groups is 1. The molecular formula is C20H23F3N4O3S. The second kappa shape index (κ2) is 9.21. The maximum atomic E-state index is 13.3. The number of amides is 1. The van der Waals surface area contributed by atoms with Gasteiger partial charge in [0, 0.05) is 31.2 Å². The number of halogens is 3. The van der Waals surface area contributed by atoms with Gasteiger partial charge < -0.3 is 10.2 Å². The summed E-state index contributed by atoms with van der Waals surface area (Å²) in [6.45, 7) is 2.64. The SMILES string of the molecule is CCS(=O)(=O)c1cc(NC(=O)c2cc(C(F)(F)F)cnc2N2CCCCCC2)ccn1. The predicted octanol–water partition coefficient (Wildman–Crippen LogP) is 3.92. The van der Waals surface area contributed by atoms with Crippen LogP contribution in [0.5, 0.6) is 0 Å². The highest BCUT2D eigenvalue weighted by molar-refractivity contribution is 7.91. The summed E-state index contributed by atoms with van der Waals surface area (Å²) in [4.78, 5) is 22.6. The van der Waals surface area contributed by atoms with Gasteiger partial charge in [-0.15, -0.1) is 0 Å². The van der Waals surface area contributed by atoms with E-state index in [4.69, 9.17) is 0 Å². The second-order valence-corrected chi connectivity index (χ2v) is 9.46. The molecule has 0 aromatic carbocycles. The molecule has 1 aliphatic heterocycles. The molecule has 1 amide bonds. The Morgan fingerprint density at radius 3 is 2.42 bits per heavy atom. The molecule has 3 heterocycles. The van der Waals surface area contributed by atoms with E-state index in [0.717, 1.165) is 37.9 Å². The fourth-order valence-electron chi connectivity index (χ4n) is 3.32. The minimum absolute atomic E-state index is 0.117. The molecule has 168 valence electrons. The molecule has 11 heteroatoms. The zero-order valence-electron chi connectivity index (χ0n) is 16.9. The van der Waals surface area contributed by atoms with E-state index in [0.29, 0.717) is 13.1 Å². The molecule has 31 heavy (non-hydrogen) atoms. The number of hydrogen-bond donors (Lipinski definition) is 1. The Labute approximate surface area is 178 Å². The standard InChI is InChI=1S/C20H23F3N4O3S/c1-2-31(29,30)17-12-15(7-8-24-17)26-19(28)16-11-14(20(21,22)23)13-25-18(16)27-9-5-3-4-6-10-27/h7-8,11-13H,2-6,9-10H2,1H3,(H,24,26,28). The van der Waals surface area contributed by atoms with Gasteiger partial charge in [0.2, 0.25) is 0 Å². The quantitative estimate of drug-likeness (QED) is 0.733. The maximum absolute atomic E-state index is 13.3. The van der Waals surface area contributed by atoms with Crippen LogP contribution in [0.1, 0.15) is 48.5 Å². The largest absolute Gasteiger partial charge is 0.417 e. The lowest BCUT2D eigenvalue weighted by atomic mass is 10.1. The van der Waals surface area contributed by atoms with Crippen LogP contribution in [0.2, 0.25) is 0 Å². The number of nitrogens with one attached hydrogen (secondary N) is 1. The van der Waals surface area contributed by atoms with E-state index < -0.39 is 27.5 Å². The van der Waals surface area contributed by atoms with Crippen molar-refractivity contribution in [3.05, 3.63) is 41.7 Å². The Hall–Kier alpha value is -2.69. The molecule has 0 saturated carbocycles. The van der Waals surface area contributed by atoms with Gasteiger partial charge in [-0.2, -0.15) is 13.2 Å². The van der Waals surface area contributed by atoms with Crippen LogP contribution in [0.3, 0.4) is 0 Å². The summed E-state index contributed by atoms with van der Waals surface area (Å²) in [7, 11) is -3.61. The summed E-state index contributed by atoms with van der Waals surface area (Å²) in [5, 5.41) is 2.27. The Kier molecular flexibility index (Phi) is 6.83. The van der Waals surface area contributed by atoms with Crippen LogP contribution < -0.4 is 10.2 Å². The van der Waals surface area contributed by atoms with Gasteiger partial charge in [-0.1, -0.05) is 19.8 Å². The topological polar surface area (TPSA) is 92.3 Å². The molecule has 0 unspecified atom stereocenters. The summed E-state index contributed by atoms with van der Waals surface area (Å²) in [6, 6.07) is 3.34. The van der Waals surface area contributed by atoms with E-state index >= 15 is 0 Å². The van der Waals surface area contributed by atoms with Crippen molar-refractivity contribution in [1.82, 2.24) is 9.97 Å². The first-order valence-electron chi connectivity index (χ1n) is 9.94. The van der Waals surface area contributed by atoms with E-state index in [2.05, 4.69) is 15.3 Å². The molecule has 3 rings (SSSR count). The summed E-state index contributed by atoms with van der Waals surface area (Å²) >= 11 is 0. The number of sulfone groups is 1.